The van der Waals surface area contributed by atoms with Crippen LogP contribution in [0.4, 0.5) is 11.4 Å². The first-order valence-corrected chi connectivity index (χ1v) is 11.1. The van der Waals surface area contributed by atoms with E-state index < -0.39 is 0 Å². The highest BCUT2D eigenvalue weighted by Crippen LogP contribution is 2.35. The number of carbonyl (C=O) groups is 1. The van der Waals surface area contributed by atoms with Crippen LogP contribution in [-0.4, -0.2) is 10.9 Å². The van der Waals surface area contributed by atoms with Gasteiger partial charge < -0.3 is 11.1 Å². The Labute approximate surface area is 174 Å². The summed E-state index contributed by atoms with van der Waals surface area (Å²) in [6.07, 6.45) is 9.56. The van der Waals surface area contributed by atoms with E-state index in [0.717, 1.165) is 23.1 Å². The van der Waals surface area contributed by atoms with Gasteiger partial charge in [0.1, 0.15) is 9.71 Å². The lowest BCUT2D eigenvalue weighted by atomic mass is 9.97. The summed E-state index contributed by atoms with van der Waals surface area (Å²) in [4.78, 5) is 19.1. The van der Waals surface area contributed by atoms with Crippen molar-refractivity contribution in [1.29, 1.82) is 0 Å². The third kappa shape index (κ3) is 4.01. The van der Waals surface area contributed by atoms with Gasteiger partial charge in [-0.2, -0.15) is 0 Å². The van der Waals surface area contributed by atoms with Crippen LogP contribution in [0.25, 0.3) is 10.2 Å². The van der Waals surface area contributed by atoms with Crippen molar-refractivity contribution in [1.82, 2.24) is 4.98 Å². The SMILES string of the molecule is Nc1c(C(=O)Nc2ccccc2Cl)sc2nc3c(cc12)CCCCCCCC3. The molecule has 0 bridgehead atoms. The highest BCUT2D eigenvalue weighted by Gasteiger charge is 2.20. The van der Waals surface area contributed by atoms with E-state index in [9.17, 15) is 4.79 Å². The summed E-state index contributed by atoms with van der Waals surface area (Å²) in [5, 5.41) is 4.26. The molecule has 28 heavy (non-hydrogen) atoms. The minimum atomic E-state index is -0.241. The van der Waals surface area contributed by atoms with Crippen molar-refractivity contribution < 1.29 is 4.79 Å². The molecule has 0 aliphatic heterocycles. The molecule has 0 radical (unpaired) electrons. The van der Waals surface area contributed by atoms with Crippen LogP contribution in [0.3, 0.4) is 0 Å². The lowest BCUT2D eigenvalue weighted by Crippen LogP contribution is -2.12. The summed E-state index contributed by atoms with van der Waals surface area (Å²) in [6.45, 7) is 0. The van der Waals surface area contributed by atoms with Crippen LogP contribution in [0.2, 0.25) is 5.02 Å². The topological polar surface area (TPSA) is 68.0 Å². The number of fused-ring (bicyclic) bond motifs is 2. The summed E-state index contributed by atoms with van der Waals surface area (Å²) in [5.41, 5.74) is 9.92. The average molecular weight is 414 g/mol. The zero-order valence-corrected chi connectivity index (χ0v) is 17.3. The number of benzene rings is 1. The third-order valence-corrected chi connectivity index (χ3v) is 6.77. The molecule has 4 rings (SSSR count). The van der Waals surface area contributed by atoms with Crippen LogP contribution in [0, 0.1) is 0 Å². The minimum Gasteiger partial charge on any atom is -0.397 e. The lowest BCUT2D eigenvalue weighted by Gasteiger charge is -2.12. The molecule has 1 aromatic carbocycles. The molecule has 2 heterocycles. The molecule has 1 aliphatic carbocycles. The Morgan fingerprint density at radius 3 is 2.57 bits per heavy atom. The fourth-order valence-corrected chi connectivity index (χ4v) is 4.95. The van der Waals surface area contributed by atoms with Gasteiger partial charge in [-0.05, 0) is 49.4 Å². The molecule has 0 spiro atoms. The van der Waals surface area contributed by atoms with Gasteiger partial charge in [0.2, 0.25) is 0 Å². The zero-order chi connectivity index (χ0) is 19.5. The molecule has 2 aromatic heterocycles. The van der Waals surface area contributed by atoms with Crippen molar-refractivity contribution in [3.63, 3.8) is 0 Å². The van der Waals surface area contributed by atoms with Crippen molar-refractivity contribution in [2.24, 2.45) is 0 Å². The largest absolute Gasteiger partial charge is 0.397 e. The second-order valence-corrected chi connectivity index (χ2v) is 8.75. The van der Waals surface area contributed by atoms with Gasteiger partial charge >= 0.3 is 0 Å². The normalized spacial score (nSPS) is 15.2. The smallest absolute Gasteiger partial charge is 0.267 e. The van der Waals surface area contributed by atoms with E-state index in [1.165, 1.54) is 61.1 Å². The Hall–Kier alpha value is -2.11. The number of aromatic nitrogens is 1. The molecule has 0 saturated carbocycles. The number of nitrogens with zero attached hydrogens (tertiary/aromatic N) is 1. The molecule has 1 aliphatic rings. The van der Waals surface area contributed by atoms with E-state index in [4.69, 9.17) is 22.3 Å². The predicted octanol–water partition coefficient (Wildman–Crippen LogP) is 6.22. The Morgan fingerprint density at radius 2 is 1.79 bits per heavy atom. The number of hydrogen-bond acceptors (Lipinski definition) is 4. The number of nitrogens with two attached hydrogens (primary N) is 1. The van der Waals surface area contributed by atoms with Crippen LogP contribution >= 0.6 is 22.9 Å². The van der Waals surface area contributed by atoms with Gasteiger partial charge in [-0.25, -0.2) is 4.98 Å². The summed E-state index contributed by atoms with van der Waals surface area (Å²) in [5.74, 6) is -0.241. The number of hydrogen-bond donors (Lipinski definition) is 2. The summed E-state index contributed by atoms with van der Waals surface area (Å²) >= 11 is 7.52. The molecule has 0 atom stereocenters. The molecule has 1 amide bonds. The Morgan fingerprint density at radius 1 is 1.07 bits per heavy atom. The lowest BCUT2D eigenvalue weighted by molar-refractivity contribution is 0.103. The molecule has 3 N–H and O–H groups in total. The van der Waals surface area contributed by atoms with Crippen molar-refractivity contribution in [3.05, 3.63) is 51.5 Å². The number of nitrogens with one attached hydrogen (secondary N) is 1. The number of halogens is 1. The minimum absolute atomic E-state index is 0.241. The van der Waals surface area contributed by atoms with E-state index in [0.29, 0.717) is 21.3 Å². The van der Waals surface area contributed by atoms with Crippen LogP contribution in [0.15, 0.2) is 30.3 Å². The number of anilines is 2. The van der Waals surface area contributed by atoms with Gasteiger partial charge in [0.05, 0.1) is 16.4 Å². The maximum absolute atomic E-state index is 12.8. The number of nitrogen functional groups attached to an aromatic ring is 1. The monoisotopic (exact) mass is 413 g/mol. The number of amides is 1. The van der Waals surface area contributed by atoms with E-state index in [-0.39, 0.29) is 5.91 Å². The van der Waals surface area contributed by atoms with Gasteiger partial charge in [-0.15, -0.1) is 11.3 Å². The highest BCUT2D eigenvalue weighted by molar-refractivity contribution is 7.21. The highest BCUT2D eigenvalue weighted by atomic mass is 35.5. The Kier molecular flexibility index (Phi) is 5.83. The van der Waals surface area contributed by atoms with Crippen LogP contribution in [0.1, 0.15) is 59.5 Å². The van der Waals surface area contributed by atoms with E-state index in [2.05, 4.69) is 11.4 Å². The third-order valence-electron chi connectivity index (χ3n) is 5.33. The number of para-hydroxylation sites is 1. The maximum Gasteiger partial charge on any atom is 0.267 e. The zero-order valence-electron chi connectivity index (χ0n) is 15.8. The van der Waals surface area contributed by atoms with Crippen molar-refractivity contribution in [2.45, 2.75) is 51.4 Å². The summed E-state index contributed by atoms with van der Waals surface area (Å²) in [6, 6.07) is 9.35. The number of thiophene rings is 1. The van der Waals surface area contributed by atoms with Gasteiger partial charge in [-0.1, -0.05) is 49.4 Å². The predicted molar refractivity (Wildman–Crippen MR) is 119 cm³/mol. The van der Waals surface area contributed by atoms with E-state index >= 15 is 0 Å². The molecule has 0 fully saturated rings. The number of aryl methyl sites for hydroxylation is 2. The summed E-state index contributed by atoms with van der Waals surface area (Å²) in [7, 11) is 0. The van der Waals surface area contributed by atoms with Crippen LogP contribution in [0.5, 0.6) is 0 Å². The fourth-order valence-electron chi connectivity index (χ4n) is 3.78. The maximum atomic E-state index is 12.8. The molecular formula is C22H24ClN3OS. The van der Waals surface area contributed by atoms with E-state index in [1.54, 1.807) is 12.1 Å². The molecular weight excluding hydrogens is 390 g/mol. The quantitative estimate of drug-likeness (QED) is 0.523. The first-order chi connectivity index (χ1) is 13.6. The van der Waals surface area contributed by atoms with Crippen molar-refractivity contribution in [2.75, 3.05) is 11.1 Å². The first kappa shape index (κ1) is 19.2. The van der Waals surface area contributed by atoms with Crippen molar-refractivity contribution in [3.8, 4) is 0 Å². The second-order valence-electron chi connectivity index (χ2n) is 7.35. The Bertz CT molecular complexity index is 1010. The van der Waals surface area contributed by atoms with E-state index in [1.807, 2.05) is 12.1 Å². The van der Waals surface area contributed by atoms with Crippen molar-refractivity contribution >= 4 is 50.4 Å². The van der Waals surface area contributed by atoms with Gasteiger partial charge in [0.15, 0.2) is 0 Å². The number of rotatable bonds is 2. The molecule has 0 saturated heterocycles. The molecule has 0 unspecified atom stereocenters. The van der Waals surface area contributed by atoms with Crippen LogP contribution in [-0.2, 0) is 12.8 Å². The Balaban J connectivity index is 1.67. The molecule has 3 aromatic rings. The number of carbonyl (C=O) groups excluding carboxylic acids is 1. The standard InChI is InChI=1S/C22H24ClN3OS/c23-16-10-7-8-12-18(16)25-21(27)20-19(24)15-13-14-9-5-3-1-2-4-6-11-17(14)26-22(15)28-20/h7-8,10,12-13H,1-6,9,11,24H2,(H,25,27). The first-order valence-electron chi connectivity index (χ1n) is 9.90. The second kappa shape index (κ2) is 8.50. The van der Waals surface area contributed by atoms with Gasteiger partial charge in [0, 0.05) is 11.1 Å². The van der Waals surface area contributed by atoms with Gasteiger partial charge in [0.25, 0.3) is 5.91 Å². The molecule has 6 heteroatoms. The number of pyridine rings is 1. The summed E-state index contributed by atoms with van der Waals surface area (Å²) < 4.78 is 0. The van der Waals surface area contributed by atoms with Crippen LogP contribution < -0.4 is 11.1 Å². The molecule has 4 nitrogen and oxygen atoms in total. The fraction of sp³-hybridized carbons (Fsp3) is 0.364. The molecule has 146 valence electrons. The van der Waals surface area contributed by atoms with Gasteiger partial charge in [-0.3, -0.25) is 4.79 Å². The average Bonchev–Trinajstić information content (AvgIpc) is 3.02.